The number of anilines is 1. The topological polar surface area (TPSA) is 104 Å². The summed E-state index contributed by atoms with van der Waals surface area (Å²) in [4.78, 5) is 51.4. The maximum atomic E-state index is 12.8. The molecule has 0 aliphatic rings. The molecule has 0 spiro atoms. The van der Waals surface area contributed by atoms with Crippen LogP contribution in [0.25, 0.3) is 11.1 Å². The molecular weight excluding hydrogens is 492 g/mol. The molecule has 2 N–H and O–H groups in total. The molecule has 0 fully saturated rings. The highest BCUT2D eigenvalue weighted by atomic mass is 35.5. The Morgan fingerprint density at radius 1 is 0.838 bits per heavy atom. The number of hydrogen-bond donors (Lipinski definition) is 2. The quantitative estimate of drug-likeness (QED) is 0.311. The van der Waals surface area contributed by atoms with E-state index in [0.29, 0.717) is 34.9 Å². The number of carboxylic acid groups (broad SMARTS) is 1. The van der Waals surface area contributed by atoms with Gasteiger partial charge < -0.3 is 15.3 Å². The summed E-state index contributed by atoms with van der Waals surface area (Å²) < 4.78 is 0. The number of carbonyl (C=O) groups is 4. The third kappa shape index (κ3) is 7.51. The summed E-state index contributed by atoms with van der Waals surface area (Å²) in [6.45, 7) is 4.89. The number of ketones is 1. The molecule has 0 radical (unpaired) electrons. The van der Waals surface area contributed by atoms with E-state index in [-0.39, 0.29) is 24.5 Å². The molecule has 7 nitrogen and oxygen atoms in total. The monoisotopic (exact) mass is 520 g/mol. The van der Waals surface area contributed by atoms with Crippen molar-refractivity contribution in [3.63, 3.8) is 0 Å². The van der Waals surface area contributed by atoms with Crippen LogP contribution in [0.1, 0.15) is 47.4 Å². The molecular formula is C29H29ClN2O5. The Balaban J connectivity index is 1.63. The van der Waals surface area contributed by atoms with Crippen LogP contribution < -0.4 is 5.32 Å². The molecule has 192 valence electrons. The Hall–Kier alpha value is -3.97. The van der Waals surface area contributed by atoms with Crippen LogP contribution in [0.2, 0.25) is 5.02 Å². The van der Waals surface area contributed by atoms with Crippen LogP contribution in [0.4, 0.5) is 5.69 Å². The first-order valence-electron chi connectivity index (χ1n) is 12.0. The summed E-state index contributed by atoms with van der Waals surface area (Å²) in [6, 6.07) is 20.6. The molecule has 0 bridgehead atoms. The minimum atomic E-state index is -1.23. The molecule has 1 unspecified atom stereocenters. The van der Waals surface area contributed by atoms with Gasteiger partial charge in [0.25, 0.3) is 5.91 Å². The van der Waals surface area contributed by atoms with Crippen LogP contribution in [-0.4, -0.2) is 46.7 Å². The average molecular weight is 521 g/mol. The van der Waals surface area contributed by atoms with Gasteiger partial charge in [0.05, 0.1) is 5.92 Å². The molecule has 0 aliphatic heterocycles. The third-order valence-electron chi connectivity index (χ3n) is 6.04. The highest BCUT2D eigenvalue weighted by Crippen LogP contribution is 2.23. The molecule has 3 aromatic carbocycles. The number of nitrogens with one attached hydrogen (secondary N) is 1. The van der Waals surface area contributed by atoms with Crippen molar-refractivity contribution in [3.8, 4) is 11.1 Å². The van der Waals surface area contributed by atoms with Crippen molar-refractivity contribution in [1.29, 1.82) is 0 Å². The molecule has 0 saturated heterocycles. The van der Waals surface area contributed by atoms with E-state index in [1.807, 2.05) is 26.0 Å². The Kier molecular flexibility index (Phi) is 9.57. The van der Waals surface area contributed by atoms with Gasteiger partial charge in [-0.1, -0.05) is 54.1 Å². The maximum absolute atomic E-state index is 12.8. The van der Waals surface area contributed by atoms with Crippen molar-refractivity contribution in [1.82, 2.24) is 4.90 Å². The first-order valence-corrected chi connectivity index (χ1v) is 12.4. The Bertz CT molecular complexity index is 1270. The maximum Gasteiger partial charge on any atom is 0.307 e. The average Bonchev–Trinajstić information content (AvgIpc) is 2.89. The summed E-state index contributed by atoms with van der Waals surface area (Å²) in [5.74, 6) is -3.49. The summed E-state index contributed by atoms with van der Waals surface area (Å²) in [5, 5.41) is 12.9. The fourth-order valence-electron chi connectivity index (χ4n) is 3.94. The number of hydrogen-bond acceptors (Lipinski definition) is 4. The molecule has 3 aromatic rings. The van der Waals surface area contributed by atoms with Gasteiger partial charge in [-0.25, -0.2) is 0 Å². The highest BCUT2D eigenvalue weighted by Gasteiger charge is 2.25. The number of rotatable bonds is 11. The third-order valence-corrected chi connectivity index (χ3v) is 6.29. The van der Waals surface area contributed by atoms with Gasteiger partial charge in [-0.05, 0) is 55.3 Å². The molecule has 0 saturated carbocycles. The van der Waals surface area contributed by atoms with E-state index in [0.717, 1.165) is 11.1 Å². The Labute approximate surface area is 221 Å². The number of nitrogens with zero attached hydrogens (tertiary/aromatic N) is 1. The van der Waals surface area contributed by atoms with Crippen molar-refractivity contribution in [2.75, 3.05) is 18.4 Å². The van der Waals surface area contributed by atoms with Gasteiger partial charge in [-0.15, -0.1) is 0 Å². The van der Waals surface area contributed by atoms with E-state index < -0.39 is 17.8 Å². The Morgan fingerprint density at radius 3 is 2.00 bits per heavy atom. The molecule has 1 atom stereocenters. The minimum Gasteiger partial charge on any atom is -0.481 e. The summed E-state index contributed by atoms with van der Waals surface area (Å²) >= 11 is 5.93. The number of benzene rings is 3. The van der Waals surface area contributed by atoms with Crippen LogP contribution in [0.5, 0.6) is 0 Å². The van der Waals surface area contributed by atoms with Crippen molar-refractivity contribution in [2.24, 2.45) is 5.92 Å². The minimum absolute atomic E-state index is 0.155. The summed E-state index contributed by atoms with van der Waals surface area (Å²) in [7, 11) is 0. The van der Waals surface area contributed by atoms with Crippen molar-refractivity contribution in [3.05, 3.63) is 88.9 Å². The zero-order valence-electron chi connectivity index (χ0n) is 20.7. The zero-order valence-corrected chi connectivity index (χ0v) is 21.5. The first kappa shape index (κ1) is 27.6. The number of Topliss-reactive ketones (excluding diaryl/α,β-unsaturated/α-hetero) is 1. The van der Waals surface area contributed by atoms with Crippen LogP contribution in [0.3, 0.4) is 0 Å². The lowest BCUT2D eigenvalue weighted by atomic mass is 9.94. The standard InChI is InChI=1S/C29H29ClN2O5/c1-3-32(4-2)28(35)22-6-5-7-25(16-22)31-27(34)18-23(29(36)37)17-26(33)21-10-8-19(9-11-21)20-12-14-24(30)15-13-20/h5-16,23H,3-4,17-18H2,1-2H3,(H,31,34)(H,36,37). The molecule has 8 heteroatoms. The number of carboxylic acids is 1. The van der Waals surface area contributed by atoms with Gasteiger partial charge in [0, 0.05) is 47.8 Å². The lowest BCUT2D eigenvalue weighted by molar-refractivity contribution is -0.143. The lowest BCUT2D eigenvalue weighted by Gasteiger charge is -2.19. The van der Waals surface area contributed by atoms with Crippen molar-refractivity contribution < 1.29 is 24.3 Å². The van der Waals surface area contributed by atoms with Gasteiger partial charge in [-0.2, -0.15) is 0 Å². The van der Waals surface area contributed by atoms with Gasteiger partial charge in [0.2, 0.25) is 5.91 Å². The smallest absolute Gasteiger partial charge is 0.307 e. The van der Waals surface area contributed by atoms with E-state index in [1.165, 1.54) is 0 Å². The molecule has 2 amide bonds. The number of carbonyl (C=O) groups excluding carboxylic acids is 3. The highest BCUT2D eigenvalue weighted by molar-refractivity contribution is 6.30. The normalized spacial score (nSPS) is 11.4. The first-order chi connectivity index (χ1) is 17.7. The Morgan fingerprint density at radius 2 is 1.43 bits per heavy atom. The fourth-order valence-corrected chi connectivity index (χ4v) is 4.06. The predicted octanol–water partition coefficient (Wildman–Crippen LogP) is 5.79. The van der Waals surface area contributed by atoms with E-state index in [1.54, 1.807) is 65.6 Å². The molecule has 0 heterocycles. The van der Waals surface area contributed by atoms with E-state index in [9.17, 15) is 24.3 Å². The van der Waals surface area contributed by atoms with Gasteiger partial charge >= 0.3 is 5.97 Å². The van der Waals surface area contributed by atoms with Crippen molar-refractivity contribution >= 4 is 40.9 Å². The van der Waals surface area contributed by atoms with Crippen LogP contribution >= 0.6 is 11.6 Å². The zero-order chi connectivity index (χ0) is 26.9. The largest absolute Gasteiger partial charge is 0.481 e. The molecule has 0 aromatic heterocycles. The van der Waals surface area contributed by atoms with E-state index in [2.05, 4.69) is 5.32 Å². The van der Waals surface area contributed by atoms with Crippen LogP contribution in [-0.2, 0) is 9.59 Å². The second-order valence-corrected chi connectivity index (χ2v) is 8.99. The SMILES string of the molecule is CCN(CC)C(=O)c1cccc(NC(=O)CC(CC(=O)c2ccc(-c3ccc(Cl)cc3)cc2)C(=O)O)c1. The lowest BCUT2D eigenvalue weighted by Crippen LogP contribution is -2.30. The fraction of sp³-hybridized carbons (Fsp3) is 0.241. The van der Waals surface area contributed by atoms with E-state index in [4.69, 9.17) is 11.6 Å². The molecule has 0 aliphatic carbocycles. The van der Waals surface area contributed by atoms with Gasteiger partial charge in [0.15, 0.2) is 5.78 Å². The predicted molar refractivity (Wildman–Crippen MR) is 144 cm³/mol. The second-order valence-electron chi connectivity index (χ2n) is 8.56. The van der Waals surface area contributed by atoms with Gasteiger partial charge in [0.1, 0.15) is 0 Å². The summed E-state index contributed by atoms with van der Waals surface area (Å²) in [5.41, 5.74) is 3.01. The number of amides is 2. The van der Waals surface area contributed by atoms with Crippen molar-refractivity contribution in [2.45, 2.75) is 26.7 Å². The van der Waals surface area contributed by atoms with Gasteiger partial charge in [-0.3, -0.25) is 19.2 Å². The van der Waals surface area contributed by atoms with Crippen LogP contribution in [0.15, 0.2) is 72.8 Å². The van der Waals surface area contributed by atoms with E-state index >= 15 is 0 Å². The number of halogens is 1. The summed E-state index contributed by atoms with van der Waals surface area (Å²) in [6.07, 6.45) is -0.693. The molecule has 37 heavy (non-hydrogen) atoms. The van der Waals surface area contributed by atoms with Crippen LogP contribution in [0, 0.1) is 5.92 Å². The second kappa shape index (κ2) is 12.8. The molecule has 3 rings (SSSR count). The number of aliphatic carboxylic acids is 1.